The van der Waals surface area contributed by atoms with Crippen molar-refractivity contribution in [3.8, 4) is 0 Å². The lowest BCUT2D eigenvalue weighted by Crippen LogP contribution is -2.28. The van der Waals surface area contributed by atoms with Crippen molar-refractivity contribution in [2.75, 3.05) is 5.32 Å². The zero-order valence-electron chi connectivity index (χ0n) is 11.7. The molecule has 0 saturated heterocycles. The highest BCUT2D eigenvalue weighted by atomic mass is 79.9. The van der Waals surface area contributed by atoms with Gasteiger partial charge >= 0.3 is 0 Å². The van der Waals surface area contributed by atoms with Crippen LogP contribution >= 0.6 is 15.9 Å². The second-order valence-electron chi connectivity index (χ2n) is 5.36. The Morgan fingerprint density at radius 1 is 1.00 bits per heavy atom. The topological polar surface area (TPSA) is 55.6 Å². The highest BCUT2D eigenvalue weighted by Crippen LogP contribution is 2.37. The number of benzene rings is 2. The molecule has 2 aromatic carbocycles. The number of hydrogen-bond acceptors (Lipinski definition) is 4. The van der Waals surface area contributed by atoms with Crippen molar-refractivity contribution in [2.45, 2.75) is 18.5 Å². The van der Waals surface area contributed by atoms with Crippen molar-refractivity contribution in [1.29, 1.82) is 0 Å². The molecule has 22 heavy (non-hydrogen) atoms. The summed E-state index contributed by atoms with van der Waals surface area (Å²) in [4.78, 5) is 0. The monoisotopic (exact) mass is 355 g/mol. The van der Waals surface area contributed by atoms with E-state index in [-0.39, 0.29) is 12.1 Å². The van der Waals surface area contributed by atoms with E-state index < -0.39 is 0 Å². The molecule has 4 rings (SSSR count). The predicted octanol–water partition coefficient (Wildman–Crippen LogP) is 3.58. The molecule has 1 aliphatic rings. The Hall–Kier alpha value is -2.21. The van der Waals surface area contributed by atoms with Crippen molar-refractivity contribution < 1.29 is 0 Å². The molecular weight excluding hydrogens is 342 g/mol. The van der Waals surface area contributed by atoms with Crippen LogP contribution in [0.4, 0.5) is 5.95 Å². The fourth-order valence-corrected chi connectivity index (χ4v) is 3.17. The van der Waals surface area contributed by atoms with Crippen LogP contribution in [-0.2, 0) is 0 Å². The molecule has 0 radical (unpaired) electrons. The van der Waals surface area contributed by atoms with Crippen LogP contribution in [-0.4, -0.2) is 20.2 Å². The number of hydrogen-bond donors (Lipinski definition) is 1. The van der Waals surface area contributed by atoms with Gasteiger partial charge in [-0.25, -0.2) is 4.68 Å². The van der Waals surface area contributed by atoms with Crippen molar-refractivity contribution in [2.24, 2.45) is 0 Å². The Morgan fingerprint density at radius 2 is 1.77 bits per heavy atom. The Balaban J connectivity index is 1.73. The summed E-state index contributed by atoms with van der Waals surface area (Å²) < 4.78 is 2.93. The van der Waals surface area contributed by atoms with Crippen LogP contribution in [0.25, 0.3) is 0 Å². The second kappa shape index (κ2) is 5.53. The van der Waals surface area contributed by atoms with E-state index in [1.54, 1.807) is 0 Å². The SMILES string of the molecule is Brc1ccc([C@@H]2C[C@@H](c3ccccc3)Nc3nnnn32)cc1. The quantitative estimate of drug-likeness (QED) is 0.763. The molecule has 110 valence electrons. The molecule has 0 bridgehead atoms. The van der Waals surface area contributed by atoms with E-state index in [0.717, 1.165) is 10.9 Å². The first kappa shape index (κ1) is 13.5. The molecule has 0 saturated carbocycles. The van der Waals surface area contributed by atoms with Crippen LogP contribution in [0, 0.1) is 0 Å². The van der Waals surface area contributed by atoms with Crippen LogP contribution < -0.4 is 5.32 Å². The first-order chi connectivity index (χ1) is 10.8. The van der Waals surface area contributed by atoms with Gasteiger partial charge in [0.25, 0.3) is 0 Å². The zero-order valence-corrected chi connectivity index (χ0v) is 13.3. The minimum absolute atomic E-state index is 0.129. The maximum Gasteiger partial charge on any atom is 0.243 e. The number of aromatic nitrogens is 4. The van der Waals surface area contributed by atoms with Gasteiger partial charge in [0.1, 0.15) is 0 Å². The molecule has 0 unspecified atom stereocenters. The number of nitrogens with zero attached hydrogens (tertiary/aromatic N) is 4. The molecule has 0 spiro atoms. The average Bonchev–Trinajstić information content (AvgIpc) is 3.04. The van der Waals surface area contributed by atoms with Gasteiger partial charge in [0.2, 0.25) is 5.95 Å². The zero-order chi connectivity index (χ0) is 14.9. The summed E-state index contributed by atoms with van der Waals surface area (Å²) in [6, 6.07) is 19.1. The molecule has 3 aromatic rings. The number of halogens is 1. The lowest BCUT2D eigenvalue weighted by molar-refractivity contribution is 0.424. The summed E-state index contributed by atoms with van der Waals surface area (Å²) in [5.41, 5.74) is 2.46. The van der Waals surface area contributed by atoms with Gasteiger partial charge in [0.05, 0.1) is 12.1 Å². The average molecular weight is 356 g/mol. The van der Waals surface area contributed by atoms with Gasteiger partial charge in [-0.05, 0) is 40.1 Å². The fourth-order valence-electron chi connectivity index (χ4n) is 2.90. The van der Waals surface area contributed by atoms with Gasteiger partial charge in [-0.15, -0.1) is 0 Å². The molecule has 0 fully saturated rings. The number of anilines is 1. The largest absolute Gasteiger partial charge is 0.346 e. The number of nitrogens with one attached hydrogen (secondary N) is 1. The smallest absolute Gasteiger partial charge is 0.243 e. The normalized spacial score (nSPS) is 20.2. The fraction of sp³-hybridized carbons (Fsp3) is 0.188. The molecule has 2 atom stereocenters. The molecule has 2 heterocycles. The molecule has 0 aliphatic carbocycles. The van der Waals surface area contributed by atoms with Crippen molar-refractivity contribution >= 4 is 21.9 Å². The van der Waals surface area contributed by atoms with Crippen molar-refractivity contribution in [1.82, 2.24) is 20.2 Å². The molecule has 1 aromatic heterocycles. The van der Waals surface area contributed by atoms with E-state index in [1.807, 2.05) is 10.7 Å². The maximum absolute atomic E-state index is 4.15. The summed E-state index contributed by atoms with van der Waals surface area (Å²) >= 11 is 3.48. The summed E-state index contributed by atoms with van der Waals surface area (Å²) in [7, 11) is 0. The van der Waals surface area contributed by atoms with Crippen LogP contribution in [0.1, 0.15) is 29.6 Å². The first-order valence-corrected chi connectivity index (χ1v) is 7.95. The lowest BCUT2D eigenvalue weighted by atomic mass is 9.93. The van der Waals surface area contributed by atoms with Gasteiger partial charge in [-0.2, -0.15) is 0 Å². The molecule has 1 aliphatic heterocycles. The van der Waals surface area contributed by atoms with E-state index >= 15 is 0 Å². The van der Waals surface area contributed by atoms with E-state index in [9.17, 15) is 0 Å². The highest BCUT2D eigenvalue weighted by molar-refractivity contribution is 9.10. The van der Waals surface area contributed by atoms with Crippen molar-refractivity contribution in [3.05, 3.63) is 70.2 Å². The third-order valence-electron chi connectivity index (χ3n) is 4.01. The molecule has 1 N–H and O–H groups in total. The Morgan fingerprint density at radius 3 is 2.55 bits per heavy atom. The van der Waals surface area contributed by atoms with Crippen LogP contribution in [0.3, 0.4) is 0 Å². The lowest BCUT2D eigenvalue weighted by Gasteiger charge is -2.31. The number of rotatable bonds is 2. The van der Waals surface area contributed by atoms with Gasteiger partial charge < -0.3 is 5.32 Å². The Bertz CT molecular complexity index is 769. The molecular formula is C16H14BrN5. The maximum atomic E-state index is 4.15. The Labute approximate surface area is 136 Å². The third kappa shape index (κ3) is 2.39. The van der Waals surface area contributed by atoms with Crippen LogP contribution in [0.15, 0.2) is 59.1 Å². The standard InChI is InChI=1S/C16H14BrN5/c17-13-8-6-12(7-9-13)15-10-14(11-4-2-1-3-5-11)18-16-19-20-21-22(15)16/h1-9,14-15H,10H2,(H,18,19,21)/t14-,15-/m0/s1. The summed E-state index contributed by atoms with van der Waals surface area (Å²) in [5, 5.41) is 15.5. The number of tetrazole rings is 1. The summed E-state index contributed by atoms with van der Waals surface area (Å²) in [6.07, 6.45) is 0.906. The first-order valence-electron chi connectivity index (χ1n) is 7.16. The van der Waals surface area contributed by atoms with Crippen LogP contribution in [0.2, 0.25) is 0 Å². The second-order valence-corrected chi connectivity index (χ2v) is 6.27. The van der Waals surface area contributed by atoms with Gasteiger partial charge in [0, 0.05) is 4.47 Å². The summed E-state index contributed by atoms with van der Waals surface area (Å²) in [6.45, 7) is 0. The van der Waals surface area contributed by atoms with Gasteiger partial charge in [-0.1, -0.05) is 63.5 Å². The van der Waals surface area contributed by atoms with E-state index in [1.165, 1.54) is 11.1 Å². The summed E-state index contributed by atoms with van der Waals surface area (Å²) in [5.74, 6) is 0.716. The van der Waals surface area contributed by atoms with E-state index in [0.29, 0.717) is 5.95 Å². The van der Waals surface area contributed by atoms with Crippen molar-refractivity contribution in [3.63, 3.8) is 0 Å². The van der Waals surface area contributed by atoms with E-state index in [4.69, 9.17) is 0 Å². The minimum atomic E-state index is 0.129. The minimum Gasteiger partial charge on any atom is -0.346 e. The van der Waals surface area contributed by atoms with E-state index in [2.05, 4.69) is 85.3 Å². The third-order valence-corrected chi connectivity index (χ3v) is 4.54. The molecule has 6 heteroatoms. The highest BCUT2D eigenvalue weighted by Gasteiger charge is 2.30. The molecule has 5 nitrogen and oxygen atoms in total. The van der Waals surface area contributed by atoms with Gasteiger partial charge in [0.15, 0.2) is 0 Å². The van der Waals surface area contributed by atoms with Crippen LogP contribution in [0.5, 0.6) is 0 Å². The predicted molar refractivity (Wildman–Crippen MR) is 87.5 cm³/mol. The molecule has 0 amide bonds. The number of fused-ring (bicyclic) bond motifs is 1. The van der Waals surface area contributed by atoms with Gasteiger partial charge in [-0.3, -0.25) is 0 Å². The Kier molecular flexibility index (Phi) is 3.38.